The van der Waals surface area contributed by atoms with E-state index in [4.69, 9.17) is 5.73 Å². The van der Waals surface area contributed by atoms with Gasteiger partial charge in [0.25, 0.3) is 0 Å². The molecule has 5 heteroatoms. The largest absolute Gasteiger partial charge is 0.343 e. The van der Waals surface area contributed by atoms with Crippen LogP contribution in [0.3, 0.4) is 0 Å². The Labute approximate surface area is 75.6 Å². The van der Waals surface area contributed by atoms with Gasteiger partial charge in [0.15, 0.2) is 0 Å². The predicted molar refractivity (Wildman–Crippen MR) is 49.3 cm³/mol. The Balaban J connectivity index is 1.98. The van der Waals surface area contributed by atoms with Crippen molar-refractivity contribution in [2.75, 3.05) is 18.0 Å². The number of hydrogen-bond acceptors (Lipinski definition) is 5. The van der Waals surface area contributed by atoms with Crippen LogP contribution >= 0.6 is 11.5 Å². The number of nitrogens with two attached hydrogens (primary N) is 1. The van der Waals surface area contributed by atoms with Crippen LogP contribution in [0.2, 0.25) is 0 Å². The van der Waals surface area contributed by atoms with E-state index in [-0.39, 0.29) is 5.54 Å². The lowest BCUT2D eigenvalue weighted by Crippen LogP contribution is -2.67. The lowest BCUT2D eigenvalue weighted by molar-refractivity contribution is 0.322. The summed E-state index contributed by atoms with van der Waals surface area (Å²) in [6.45, 7) is 3.95. The highest BCUT2D eigenvalue weighted by Crippen LogP contribution is 2.28. The smallest absolute Gasteiger partial charge is 0.205 e. The first-order valence-electron chi connectivity index (χ1n) is 4.04. The molecule has 1 fully saturated rings. The molecule has 0 amide bonds. The lowest BCUT2D eigenvalue weighted by atomic mass is 9.89. The maximum atomic E-state index is 6.01. The summed E-state index contributed by atoms with van der Waals surface area (Å²) >= 11 is 1.43. The Kier molecular flexibility index (Phi) is 1.77. The van der Waals surface area contributed by atoms with Crippen molar-refractivity contribution in [3.8, 4) is 0 Å². The SMILES string of the molecule is CCC1(N)CN(c2ncns2)C1. The molecular weight excluding hydrogens is 172 g/mol. The first-order valence-corrected chi connectivity index (χ1v) is 4.81. The van der Waals surface area contributed by atoms with Crippen molar-refractivity contribution >= 4 is 16.7 Å². The highest BCUT2D eigenvalue weighted by Gasteiger charge is 2.38. The molecule has 0 bridgehead atoms. The van der Waals surface area contributed by atoms with E-state index in [1.165, 1.54) is 11.5 Å². The molecule has 0 aromatic carbocycles. The summed E-state index contributed by atoms with van der Waals surface area (Å²) in [6, 6.07) is 0. The molecule has 0 atom stereocenters. The maximum absolute atomic E-state index is 6.01. The van der Waals surface area contributed by atoms with Gasteiger partial charge >= 0.3 is 0 Å². The van der Waals surface area contributed by atoms with Gasteiger partial charge in [-0.2, -0.15) is 4.37 Å². The van der Waals surface area contributed by atoms with E-state index in [1.54, 1.807) is 6.33 Å². The van der Waals surface area contributed by atoms with Gasteiger partial charge in [0, 0.05) is 24.6 Å². The van der Waals surface area contributed by atoms with E-state index in [0.29, 0.717) is 0 Å². The summed E-state index contributed by atoms with van der Waals surface area (Å²) in [5, 5.41) is 0.990. The minimum Gasteiger partial charge on any atom is -0.343 e. The molecule has 4 nitrogen and oxygen atoms in total. The second-order valence-electron chi connectivity index (χ2n) is 3.30. The van der Waals surface area contributed by atoms with Crippen molar-refractivity contribution in [3.63, 3.8) is 0 Å². The first kappa shape index (κ1) is 7.94. The molecule has 2 heterocycles. The van der Waals surface area contributed by atoms with Crippen molar-refractivity contribution in [2.24, 2.45) is 5.73 Å². The van der Waals surface area contributed by atoms with Crippen molar-refractivity contribution in [2.45, 2.75) is 18.9 Å². The predicted octanol–water partition coefficient (Wildman–Crippen LogP) is 0.466. The molecule has 0 aliphatic carbocycles. The number of hydrogen-bond donors (Lipinski definition) is 1. The van der Waals surface area contributed by atoms with Gasteiger partial charge in [0.2, 0.25) is 5.13 Å². The average molecular weight is 184 g/mol. The second-order valence-corrected chi connectivity index (χ2v) is 4.05. The van der Waals surface area contributed by atoms with Gasteiger partial charge in [-0.05, 0) is 6.42 Å². The molecule has 0 spiro atoms. The lowest BCUT2D eigenvalue weighted by Gasteiger charge is -2.47. The highest BCUT2D eigenvalue weighted by molar-refractivity contribution is 7.09. The minimum atomic E-state index is 0.0195. The van der Waals surface area contributed by atoms with Crippen LogP contribution in [0.1, 0.15) is 13.3 Å². The molecule has 1 aliphatic rings. The summed E-state index contributed by atoms with van der Waals surface area (Å²) in [5.74, 6) is 0. The van der Waals surface area contributed by atoms with Crippen LogP contribution in [0.25, 0.3) is 0 Å². The standard InChI is InChI=1S/C7H12N4S/c1-2-7(8)3-11(4-7)6-9-5-10-12-6/h5H,2-4,8H2,1H3. The zero-order chi connectivity index (χ0) is 8.60. The Morgan fingerprint density at radius 3 is 3.00 bits per heavy atom. The molecular formula is C7H12N4S. The summed E-state index contributed by atoms with van der Waals surface area (Å²) in [4.78, 5) is 6.28. The molecule has 0 saturated carbocycles. The Morgan fingerprint density at radius 1 is 1.75 bits per heavy atom. The summed E-state index contributed by atoms with van der Waals surface area (Å²) in [6.07, 6.45) is 2.62. The van der Waals surface area contributed by atoms with Gasteiger partial charge in [-0.1, -0.05) is 6.92 Å². The summed E-state index contributed by atoms with van der Waals surface area (Å²) in [5.41, 5.74) is 6.03. The van der Waals surface area contributed by atoms with Crippen molar-refractivity contribution in [3.05, 3.63) is 6.33 Å². The highest BCUT2D eigenvalue weighted by atomic mass is 32.1. The molecule has 66 valence electrons. The Morgan fingerprint density at radius 2 is 2.50 bits per heavy atom. The van der Waals surface area contributed by atoms with E-state index >= 15 is 0 Å². The monoisotopic (exact) mass is 184 g/mol. The van der Waals surface area contributed by atoms with Crippen LogP contribution in [0.5, 0.6) is 0 Å². The Hall–Kier alpha value is -0.680. The van der Waals surface area contributed by atoms with Crippen LogP contribution in [0.15, 0.2) is 6.33 Å². The van der Waals surface area contributed by atoms with Gasteiger partial charge in [-0.3, -0.25) is 0 Å². The first-order chi connectivity index (χ1) is 5.73. The number of aromatic nitrogens is 2. The van der Waals surface area contributed by atoms with Gasteiger partial charge in [-0.15, -0.1) is 0 Å². The summed E-state index contributed by atoms with van der Waals surface area (Å²) < 4.78 is 3.95. The van der Waals surface area contributed by atoms with Crippen LogP contribution in [0, 0.1) is 0 Å². The van der Waals surface area contributed by atoms with Crippen LogP contribution in [0.4, 0.5) is 5.13 Å². The molecule has 1 aromatic rings. The number of rotatable bonds is 2. The zero-order valence-corrected chi connectivity index (χ0v) is 7.84. The fourth-order valence-corrected chi connectivity index (χ4v) is 1.91. The third-order valence-electron chi connectivity index (χ3n) is 2.34. The third kappa shape index (κ3) is 1.19. The van der Waals surface area contributed by atoms with Gasteiger partial charge in [0.1, 0.15) is 6.33 Å². The quantitative estimate of drug-likeness (QED) is 0.725. The molecule has 1 saturated heterocycles. The molecule has 0 radical (unpaired) electrons. The van der Waals surface area contributed by atoms with Gasteiger partial charge in [0.05, 0.1) is 5.54 Å². The van der Waals surface area contributed by atoms with Crippen molar-refractivity contribution < 1.29 is 0 Å². The van der Waals surface area contributed by atoms with Crippen LogP contribution in [-0.4, -0.2) is 28.0 Å². The average Bonchev–Trinajstić information content (AvgIpc) is 2.50. The fraction of sp³-hybridized carbons (Fsp3) is 0.714. The topological polar surface area (TPSA) is 55.0 Å². The van der Waals surface area contributed by atoms with Crippen molar-refractivity contribution in [1.29, 1.82) is 0 Å². The third-order valence-corrected chi connectivity index (χ3v) is 3.06. The van der Waals surface area contributed by atoms with Gasteiger partial charge in [-0.25, -0.2) is 4.98 Å². The van der Waals surface area contributed by atoms with Crippen LogP contribution < -0.4 is 10.6 Å². The summed E-state index contributed by atoms with van der Waals surface area (Å²) in [7, 11) is 0. The normalized spacial score (nSPS) is 20.7. The number of anilines is 1. The van der Waals surface area contributed by atoms with E-state index in [2.05, 4.69) is 21.2 Å². The molecule has 12 heavy (non-hydrogen) atoms. The fourth-order valence-electron chi connectivity index (χ4n) is 1.38. The zero-order valence-electron chi connectivity index (χ0n) is 7.03. The van der Waals surface area contributed by atoms with Crippen LogP contribution in [-0.2, 0) is 0 Å². The molecule has 1 aromatic heterocycles. The molecule has 0 unspecified atom stereocenters. The van der Waals surface area contributed by atoms with Crippen molar-refractivity contribution in [1.82, 2.24) is 9.36 Å². The van der Waals surface area contributed by atoms with E-state index in [0.717, 1.165) is 24.6 Å². The molecule has 2 N–H and O–H groups in total. The Bertz CT molecular complexity index is 252. The minimum absolute atomic E-state index is 0.0195. The second kappa shape index (κ2) is 2.67. The number of nitrogens with zero attached hydrogens (tertiary/aromatic N) is 3. The van der Waals surface area contributed by atoms with E-state index in [1.807, 2.05) is 0 Å². The maximum Gasteiger partial charge on any atom is 0.205 e. The molecule has 1 aliphatic heterocycles. The van der Waals surface area contributed by atoms with Gasteiger partial charge < -0.3 is 10.6 Å². The van der Waals surface area contributed by atoms with E-state index in [9.17, 15) is 0 Å². The molecule has 2 rings (SSSR count). The van der Waals surface area contributed by atoms with E-state index < -0.39 is 0 Å².